The van der Waals surface area contributed by atoms with Crippen LogP contribution in [0.2, 0.25) is 0 Å². The molecular weight excluding hydrogens is 199 g/mol. The van der Waals surface area contributed by atoms with Crippen LogP contribution < -0.4 is 0 Å². The van der Waals surface area contributed by atoms with Crippen molar-refractivity contribution in [2.24, 2.45) is 0 Å². The van der Waals surface area contributed by atoms with Gasteiger partial charge in [0.2, 0.25) is 0 Å². The third-order valence-electron chi connectivity index (χ3n) is 1.27. The molecule has 1 aromatic rings. The molecule has 1 radical (unpaired) electrons. The van der Waals surface area contributed by atoms with Crippen LogP contribution in [0.3, 0.4) is 0 Å². The molecule has 0 saturated heterocycles. The van der Waals surface area contributed by atoms with E-state index in [2.05, 4.69) is 24.0 Å². The number of pyridine rings is 1. The Morgan fingerprint density at radius 2 is 2.30 bits per heavy atom. The van der Waals surface area contributed by atoms with Gasteiger partial charge in [-0.25, -0.2) is 11.6 Å². The van der Waals surface area contributed by atoms with E-state index in [-0.39, 0.29) is 32.7 Å². The SMILES string of the molecule is CCc1cc(C)[c-]cn1.[Y]. The maximum Gasteiger partial charge on any atom is 0 e. The van der Waals surface area contributed by atoms with Crippen molar-refractivity contribution in [1.82, 2.24) is 4.98 Å². The molecule has 0 N–H and O–H groups in total. The molecule has 0 aromatic carbocycles. The summed E-state index contributed by atoms with van der Waals surface area (Å²) in [5.41, 5.74) is 2.31. The molecule has 0 saturated carbocycles. The van der Waals surface area contributed by atoms with Gasteiger partial charge in [-0.05, 0) is 12.1 Å². The number of rotatable bonds is 1. The van der Waals surface area contributed by atoms with Gasteiger partial charge >= 0.3 is 0 Å². The fraction of sp³-hybridized carbons (Fsp3) is 0.375. The summed E-state index contributed by atoms with van der Waals surface area (Å²) in [5, 5.41) is 0. The summed E-state index contributed by atoms with van der Waals surface area (Å²) in [6.45, 7) is 4.13. The summed E-state index contributed by atoms with van der Waals surface area (Å²) in [6.07, 6.45) is 2.74. The molecule has 0 fully saturated rings. The van der Waals surface area contributed by atoms with Crippen molar-refractivity contribution < 1.29 is 32.7 Å². The number of aromatic nitrogens is 1. The molecule has 1 nitrogen and oxygen atoms in total. The summed E-state index contributed by atoms with van der Waals surface area (Å²) >= 11 is 0. The largest absolute Gasteiger partial charge is 0.301 e. The van der Waals surface area contributed by atoms with Gasteiger partial charge in [0.25, 0.3) is 0 Å². The molecular formula is C8H10NY-. The summed E-state index contributed by atoms with van der Waals surface area (Å²) in [6, 6.07) is 5.05. The van der Waals surface area contributed by atoms with E-state index in [1.165, 1.54) is 5.56 Å². The Morgan fingerprint density at radius 3 is 2.70 bits per heavy atom. The smallest absolute Gasteiger partial charge is 0 e. The van der Waals surface area contributed by atoms with Crippen molar-refractivity contribution >= 4 is 0 Å². The Hall–Kier alpha value is 0.254. The van der Waals surface area contributed by atoms with E-state index in [9.17, 15) is 0 Å². The van der Waals surface area contributed by atoms with Crippen LogP contribution >= 0.6 is 0 Å². The molecule has 51 valence electrons. The average Bonchev–Trinajstić information content (AvgIpc) is 1.88. The van der Waals surface area contributed by atoms with E-state index < -0.39 is 0 Å². The topological polar surface area (TPSA) is 12.9 Å². The maximum atomic E-state index is 4.10. The molecule has 0 aliphatic rings. The summed E-state index contributed by atoms with van der Waals surface area (Å²) in [7, 11) is 0. The van der Waals surface area contributed by atoms with Crippen molar-refractivity contribution in [2.75, 3.05) is 0 Å². The zero-order valence-electron chi connectivity index (χ0n) is 6.39. The first-order valence-corrected chi connectivity index (χ1v) is 3.16. The predicted molar refractivity (Wildman–Crippen MR) is 37.2 cm³/mol. The van der Waals surface area contributed by atoms with E-state index >= 15 is 0 Å². The predicted octanol–water partition coefficient (Wildman–Crippen LogP) is 1.75. The quantitative estimate of drug-likeness (QED) is 0.642. The molecule has 0 spiro atoms. The Bertz CT molecular complexity index is 198. The van der Waals surface area contributed by atoms with Crippen LogP contribution in [0.1, 0.15) is 18.2 Å². The number of aryl methyl sites for hydroxylation is 2. The third-order valence-corrected chi connectivity index (χ3v) is 1.27. The average molecular weight is 209 g/mol. The van der Waals surface area contributed by atoms with Gasteiger partial charge in [0.1, 0.15) is 0 Å². The molecule has 1 aromatic heterocycles. The fourth-order valence-electron chi connectivity index (χ4n) is 0.739. The minimum atomic E-state index is 0. The second-order valence-electron chi connectivity index (χ2n) is 2.07. The van der Waals surface area contributed by atoms with E-state index in [4.69, 9.17) is 0 Å². The van der Waals surface area contributed by atoms with Crippen molar-refractivity contribution in [3.05, 3.63) is 29.6 Å². The van der Waals surface area contributed by atoms with E-state index in [0.29, 0.717) is 0 Å². The van der Waals surface area contributed by atoms with Crippen molar-refractivity contribution in [3.8, 4) is 0 Å². The Balaban J connectivity index is 0.000000810. The second kappa shape index (κ2) is 4.98. The van der Waals surface area contributed by atoms with Crippen molar-refractivity contribution in [1.29, 1.82) is 0 Å². The normalized spacial score (nSPS) is 8.60. The van der Waals surface area contributed by atoms with Crippen LogP contribution in [0.15, 0.2) is 12.3 Å². The van der Waals surface area contributed by atoms with Gasteiger partial charge in [-0.3, -0.25) is 0 Å². The summed E-state index contributed by atoms with van der Waals surface area (Å²) < 4.78 is 0. The van der Waals surface area contributed by atoms with Crippen LogP contribution in [0.4, 0.5) is 0 Å². The zero-order chi connectivity index (χ0) is 6.69. The molecule has 0 unspecified atom stereocenters. The van der Waals surface area contributed by atoms with Gasteiger partial charge in [-0.1, -0.05) is 20.0 Å². The van der Waals surface area contributed by atoms with E-state index in [1.807, 2.05) is 6.92 Å². The fourth-order valence-corrected chi connectivity index (χ4v) is 0.739. The first-order chi connectivity index (χ1) is 4.33. The van der Waals surface area contributed by atoms with Gasteiger partial charge in [-0.2, -0.15) is 6.07 Å². The molecule has 0 aliphatic carbocycles. The molecule has 0 aliphatic heterocycles. The van der Waals surface area contributed by atoms with E-state index in [0.717, 1.165) is 12.1 Å². The maximum absolute atomic E-state index is 4.10. The van der Waals surface area contributed by atoms with Gasteiger partial charge in [-0.15, -0.1) is 0 Å². The molecule has 1 rings (SSSR count). The molecule has 0 amide bonds. The molecule has 1 heterocycles. The third kappa shape index (κ3) is 2.89. The molecule has 0 bridgehead atoms. The van der Waals surface area contributed by atoms with Gasteiger partial charge in [0.15, 0.2) is 0 Å². The monoisotopic (exact) mass is 209 g/mol. The van der Waals surface area contributed by atoms with Crippen LogP contribution in [0.5, 0.6) is 0 Å². The van der Waals surface area contributed by atoms with Crippen LogP contribution in [-0.4, -0.2) is 4.98 Å². The number of nitrogens with zero attached hydrogens (tertiary/aromatic N) is 1. The summed E-state index contributed by atoms with van der Waals surface area (Å²) in [4.78, 5) is 4.10. The first-order valence-electron chi connectivity index (χ1n) is 3.16. The van der Waals surface area contributed by atoms with E-state index in [1.54, 1.807) is 6.20 Å². The Labute approximate surface area is 87.1 Å². The van der Waals surface area contributed by atoms with Crippen LogP contribution in [0, 0.1) is 13.0 Å². The standard InChI is InChI=1S/C8H10N.Y/c1-3-8-6-7(2)4-5-9-8;/h5-6H,3H2,1-2H3;/q-1;. The van der Waals surface area contributed by atoms with Crippen molar-refractivity contribution in [2.45, 2.75) is 20.3 Å². The van der Waals surface area contributed by atoms with Crippen LogP contribution in [0.25, 0.3) is 0 Å². The van der Waals surface area contributed by atoms with Gasteiger partial charge in [0, 0.05) is 32.7 Å². The second-order valence-corrected chi connectivity index (χ2v) is 2.07. The minimum absolute atomic E-state index is 0. The minimum Gasteiger partial charge on any atom is -0.301 e. The molecule has 2 heteroatoms. The van der Waals surface area contributed by atoms with Gasteiger partial charge in [0.05, 0.1) is 0 Å². The van der Waals surface area contributed by atoms with Gasteiger partial charge < -0.3 is 4.98 Å². The Morgan fingerprint density at radius 1 is 1.60 bits per heavy atom. The molecule has 10 heavy (non-hydrogen) atoms. The Kier molecular flexibility index (Phi) is 5.10. The zero-order valence-corrected chi connectivity index (χ0v) is 9.22. The number of hydrogen-bond donors (Lipinski definition) is 0. The van der Waals surface area contributed by atoms with Crippen LogP contribution in [-0.2, 0) is 39.1 Å². The molecule has 0 atom stereocenters. The number of hydrogen-bond acceptors (Lipinski definition) is 1. The summed E-state index contributed by atoms with van der Waals surface area (Å²) in [5.74, 6) is 0. The first kappa shape index (κ1) is 10.3. The van der Waals surface area contributed by atoms with Crippen molar-refractivity contribution in [3.63, 3.8) is 0 Å².